The number of rotatable bonds is 0. The first-order chi connectivity index (χ1) is 3.83. The first-order valence-corrected chi connectivity index (χ1v) is 2.17. The Morgan fingerprint density at radius 3 is 2.88 bits per heavy atom. The first-order valence-electron chi connectivity index (χ1n) is 2.17. The maximum Gasteiger partial charge on any atom is 0.332 e. The van der Waals surface area contributed by atoms with Gasteiger partial charge in [-0.15, -0.1) is 6.42 Å². The summed E-state index contributed by atoms with van der Waals surface area (Å²) in [5.74, 6) is 1.97. The molecule has 0 unspecified atom stereocenters. The van der Waals surface area contributed by atoms with E-state index in [4.69, 9.17) is 6.42 Å². The summed E-state index contributed by atoms with van der Waals surface area (Å²) >= 11 is 0. The van der Waals surface area contributed by atoms with Crippen molar-refractivity contribution in [3.05, 3.63) is 11.6 Å². The largest absolute Gasteiger partial charge is 0.457 e. The van der Waals surface area contributed by atoms with Crippen molar-refractivity contribution < 1.29 is 9.53 Å². The zero-order valence-electron chi connectivity index (χ0n) is 4.18. The number of carbonyl (C=O) groups is 1. The third kappa shape index (κ3) is 0.710. The van der Waals surface area contributed by atoms with Crippen LogP contribution in [-0.2, 0) is 9.53 Å². The van der Waals surface area contributed by atoms with E-state index in [0.717, 1.165) is 0 Å². The van der Waals surface area contributed by atoms with E-state index in [0.29, 0.717) is 5.57 Å². The van der Waals surface area contributed by atoms with Gasteiger partial charge in [0.1, 0.15) is 6.61 Å². The van der Waals surface area contributed by atoms with Crippen LogP contribution in [0.15, 0.2) is 11.6 Å². The SMILES string of the molecule is C#CC1=CC(=O)OC1. The summed E-state index contributed by atoms with van der Waals surface area (Å²) in [7, 11) is 0. The minimum atomic E-state index is -0.335. The molecule has 0 aromatic rings. The van der Waals surface area contributed by atoms with Crippen LogP contribution in [0.5, 0.6) is 0 Å². The lowest BCUT2D eigenvalue weighted by Crippen LogP contribution is -1.90. The highest BCUT2D eigenvalue weighted by Gasteiger charge is 2.08. The maximum absolute atomic E-state index is 10.2. The number of hydrogen-bond acceptors (Lipinski definition) is 2. The second-order valence-corrected chi connectivity index (χ2v) is 1.42. The molecule has 0 saturated carbocycles. The van der Waals surface area contributed by atoms with E-state index < -0.39 is 0 Å². The van der Waals surface area contributed by atoms with Gasteiger partial charge in [-0.2, -0.15) is 0 Å². The summed E-state index contributed by atoms with van der Waals surface area (Å²) in [5.41, 5.74) is 0.620. The molecule has 0 atom stereocenters. The molecule has 40 valence electrons. The molecule has 1 rings (SSSR count). The van der Waals surface area contributed by atoms with Crippen molar-refractivity contribution >= 4 is 5.97 Å². The Bertz CT molecular complexity index is 183. The van der Waals surface area contributed by atoms with Crippen LogP contribution in [0.4, 0.5) is 0 Å². The van der Waals surface area contributed by atoms with Crippen LogP contribution in [0.3, 0.4) is 0 Å². The third-order valence-electron chi connectivity index (χ3n) is 0.847. The Hall–Kier alpha value is -1.23. The molecule has 0 radical (unpaired) electrons. The van der Waals surface area contributed by atoms with Gasteiger partial charge in [0.25, 0.3) is 0 Å². The lowest BCUT2D eigenvalue weighted by atomic mass is 10.3. The van der Waals surface area contributed by atoms with Crippen molar-refractivity contribution in [1.82, 2.24) is 0 Å². The Labute approximate surface area is 47.1 Å². The van der Waals surface area contributed by atoms with Crippen LogP contribution in [0.25, 0.3) is 0 Å². The van der Waals surface area contributed by atoms with E-state index in [2.05, 4.69) is 10.7 Å². The quantitative estimate of drug-likeness (QED) is 0.325. The summed E-state index contributed by atoms with van der Waals surface area (Å²) in [4.78, 5) is 10.2. The zero-order valence-corrected chi connectivity index (χ0v) is 4.18. The van der Waals surface area contributed by atoms with Crippen LogP contribution in [0.1, 0.15) is 0 Å². The molecule has 2 heteroatoms. The van der Waals surface area contributed by atoms with Crippen molar-refractivity contribution in [3.63, 3.8) is 0 Å². The van der Waals surface area contributed by atoms with Crippen LogP contribution in [-0.4, -0.2) is 12.6 Å². The molecule has 1 heterocycles. The molecule has 0 spiro atoms. The highest BCUT2D eigenvalue weighted by atomic mass is 16.5. The van der Waals surface area contributed by atoms with Gasteiger partial charge in [-0.25, -0.2) is 4.79 Å². The topological polar surface area (TPSA) is 26.3 Å². The van der Waals surface area contributed by atoms with Crippen molar-refractivity contribution in [2.24, 2.45) is 0 Å². The lowest BCUT2D eigenvalue weighted by Gasteiger charge is -1.85. The van der Waals surface area contributed by atoms with Gasteiger partial charge in [0.05, 0.1) is 0 Å². The van der Waals surface area contributed by atoms with Gasteiger partial charge in [-0.05, 0) is 0 Å². The molecule has 1 aliphatic rings. The predicted octanol–water partition coefficient (Wildman–Crippen LogP) is 0.103. The van der Waals surface area contributed by atoms with Gasteiger partial charge in [-0.3, -0.25) is 0 Å². The van der Waals surface area contributed by atoms with Gasteiger partial charge < -0.3 is 4.74 Å². The van der Waals surface area contributed by atoms with E-state index in [-0.39, 0.29) is 12.6 Å². The van der Waals surface area contributed by atoms with Crippen molar-refractivity contribution in [1.29, 1.82) is 0 Å². The van der Waals surface area contributed by atoms with E-state index in [1.54, 1.807) is 0 Å². The minimum Gasteiger partial charge on any atom is -0.457 e. The summed E-state index contributed by atoms with van der Waals surface area (Å²) in [6, 6.07) is 0. The number of ether oxygens (including phenoxy) is 1. The molecule has 0 bridgehead atoms. The highest BCUT2D eigenvalue weighted by Crippen LogP contribution is 2.02. The number of cyclic esters (lactones) is 1. The van der Waals surface area contributed by atoms with E-state index in [1.165, 1.54) is 6.08 Å². The normalized spacial score (nSPS) is 16.9. The number of carbonyl (C=O) groups excluding carboxylic acids is 1. The molecular formula is C6H4O2. The van der Waals surface area contributed by atoms with E-state index >= 15 is 0 Å². The standard InChI is InChI=1S/C6H4O2/c1-2-5-3-6(7)8-4-5/h1,3H,4H2. The molecule has 2 nitrogen and oxygen atoms in total. The summed E-state index contributed by atoms with van der Waals surface area (Å²) in [6.07, 6.45) is 6.26. The van der Waals surface area contributed by atoms with Gasteiger partial charge >= 0.3 is 5.97 Å². The Kier molecular flexibility index (Phi) is 1.05. The van der Waals surface area contributed by atoms with Crippen LogP contribution in [0.2, 0.25) is 0 Å². The predicted molar refractivity (Wildman–Crippen MR) is 27.9 cm³/mol. The maximum atomic E-state index is 10.2. The Morgan fingerprint density at radius 1 is 1.88 bits per heavy atom. The average molecular weight is 108 g/mol. The molecule has 0 aromatic heterocycles. The molecule has 0 saturated heterocycles. The van der Waals surface area contributed by atoms with Gasteiger partial charge in [0, 0.05) is 11.6 Å². The smallest absolute Gasteiger partial charge is 0.332 e. The third-order valence-corrected chi connectivity index (χ3v) is 0.847. The van der Waals surface area contributed by atoms with Crippen LogP contribution < -0.4 is 0 Å². The van der Waals surface area contributed by atoms with Crippen molar-refractivity contribution in [2.75, 3.05) is 6.61 Å². The van der Waals surface area contributed by atoms with Crippen molar-refractivity contribution in [2.45, 2.75) is 0 Å². The summed E-state index contributed by atoms with van der Waals surface area (Å²) in [6.45, 7) is 0.273. The monoisotopic (exact) mass is 108 g/mol. The van der Waals surface area contributed by atoms with Crippen molar-refractivity contribution in [3.8, 4) is 12.3 Å². The molecule has 8 heavy (non-hydrogen) atoms. The van der Waals surface area contributed by atoms with Gasteiger partial charge in [0.15, 0.2) is 0 Å². The highest BCUT2D eigenvalue weighted by molar-refractivity contribution is 5.86. The fourth-order valence-electron chi connectivity index (χ4n) is 0.458. The van der Waals surface area contributed by atoms with E-state index in [9.17, 15) is 4.79 Å². The molecule has 0 fully saturated rings. The average Bonchev–Trinajstić information content (AvgIpc) is 2.14. The molecular weight excluding hydrogens is 104 g/mol. The first kappa shape index (κ1) is 4.92. The zero-order chi connectivity index (χ0) is 5.98. The minimum absolute atomic E-state index is 0.273. The molecule has 0 aliphatic carbocycles. The second-order valence-electron chi connectivity index (χ2n) is 1.42. The molecule has 0 N–H and O–H groups in total. The number of terminal acetylenes is 1. The fraction of sp³-hybridized carbons (Fsp3) is 0.167. The van der Waals surface area contributed by atoms with Gasteiger partial charge in [0.2, 0.25) is 0 Å². The Balaban J connectivity index is 2.75. The van der Waals surface area contributed by atoms with E-state index in [1.807, 2.05) is 0 Å². The number of esters is 1. The fourth-order valence-corrected chi connectivity index (χ4v) is 0.458. The summed E-state index contributed by atoms with van der Waals surface area (Å²) in [5, 5.41) is 0. The molecule has 0 amide bonds. The molecule has 1 aliphatic heterocycles. The number of hydrogen-bond donors (Lipinski definition) is 0. The Morgan fingerprint density at radius 2 is 2.62 bits per heavy atom. The second kappa shape index (κ2) is 1.71. The van der Waals surface area contributed by atoms with Gasteiger partial charge in [-0.1, -0.05) is 5.92 Å². The summed E-state index contributed by atoms with van der Waals surface area (Å²) < 4.78 is 4.48. The lowest BCUT2D eigenvalue weighted by molar-refractivity contribution is -0.134. The van der Waals surface area contributed by atoms with Crippen LogP contribution in [0, 0.1) is 12.3 Å². The van der Waals surface area contributed by atoms with Crippen LogP contribution >= 0.6 is 0 Å². The molecule has 0 aromatic carbocycles.